The summed E-state index contributed by atoms with van der Waals surface area (Å²) in [5.74, 6) is -5.53. The number of aliphatic carboxylic acids is 1. The molecular formula is C20H29N5O9. The van der Waals surface area contributed by atoms with Crippen LogP contribution in [0.3, 0.4) is 0 Å². The molecule has 0 radical (unpaired) electrons. The van der Waals surface area contributed by atoms with Gasteiger partial charge in [0.2, 0.25) is 23.6 Å². The van der Waals surface area contributed by atoms with Crippen LogP contribution in [0.25, 0.3) is 0 Å². The number of benzene rings is 1. The molecule has 0 aromatic heterocycles. The maximum absolute atomic E-state index is 12.7. The van der Waals surface area contributed by atoms with Gasteiger partial charge in [0, 0.05) is 6.42 Å². The fourth-order valence-corrected chi connectivity index (χ4v) is 2.70. The molecule has 0 spiro atoms. The first-order valence-corrected chi connectivity index (χ1v) is 10.1. The summed E-state index contributed by atoms with van der Waals surface area (Å²) < 4.78 is 0. The lowest BCUT2D eigenvalue weighted by Gasteiger charge is -2.24. The van der Waals surface area contributed by atoms with Gasteiger partial charge in [-0.2, -0.15) is 0 Å². The zero-order chi connectivity index (χ0) is 26.0. The highest BCUT2D eigenvalue weighted by atomic mass is 16.4. The number of aromatic hydroxyl groups is 1. The Morgan fingerprint density at radius 2 is 1.41 bits per heavy atom. The fraction of sp³-hybridized carbons (Fsp3) is 0.450. The van der Waals surface area contributed by atoms with Crippen LogP contribution >= 0.6 is 0 Å². The van der Waals surface area contributed by atoms with E-state index < -0.39 is 72.9 Å². The van der Waals surface area contributed by atoms with Crippen LogP contribution in [-0.2, 0) is 30.4 Å². The maximum Gasteiger partial charge on any atom is 0.326 e. The van der Waals surface area contributed by atoms with E-state index in [9.17, 15) is 44.4 Å². The van der Waals surface area contributed by atoms with Crippen molar-refractivity contribution in [2.75, 3.05) is 6.61 Å². The Morgan fingerprint density at radius 3 is 1.88 bits per heavy atom. The van der Waals surface area contributed by atoms with Crippen LogP contribution in [0.4, 0.5) is 0 Å². The predicted molar refractivity (Wildman–Crippen MR) is 116 cm³/mol. The molecule has 0 saturated carbocycles. The molecule has 11 N–H and O–H groups in total. The fourth-order valence-electron chi connectivity index (χ4n) is 2.70. The summed E-state index contributed by atoms with van der Waals surface area (Å²) in [4.78, 5) is 60.1. The first kappa shape index (κ1) is 28.3. The second-order valence-corrected chi connectivity index (χ2v) is 7.51. The number of hydrogen-bond donors (Lipinski definition) is 9. The van der Waals surface area contributed by atoms with Crippen molar-refractivity contribution < 1.29 is 44.4 Å². The quantitative estimate of drug-likeness (QED) is 0.131. The van der Waals surface area contributed by atoms with Crippen LogP contribution in [0.2, 0.25) is 0 Å². The molecule has 14 heteroatoms. The van der Waals surface area contributed by atoms with E-state index in [1.807, 2.05) is 0 Å². The number of phenols is 1. The molecule has 1 rings (SSSR count). The minimum Gasteiger partial charge on any atom is -0.508 e. The first-order chi connectivity index (χ1) is 15.8. The third-order valence-corrected chi connectivity index (χ3v) is 4.67. The van der Waals surface area contributed by atoms with Gasteiger partial charge in [-0.25, -0.2) is 4.79 Å². The third kappa shape index (κ3) is 9.01. The Kier molecular flexibility index (Phi) is 10.9. The van der Waals surface area contributed by atoms with Crippen LogP contribution in [0.1, 0.15) is 18.9 Å². The van der Waals surface area contributed by atoms with Crippen LogP contribution in [0.5, 0.6) is 5.75 Å². The molecular weight excluding hydrogens is 454 g/mol. The van der Waals surface area contributed by atoms with Gasteiger partial charge < -0.3 is 47.8 Å². The standard InChI is InChI=1S/C20H29N5O9/c1-9(27)16(22)19(32)25-14(8-26)18(31)23-12(7-15(21)29)17(30)24-13(20(33)34)6-10-2-4-11(28)5-3-10/h2-5,9,12-14,16,26-28H,6-8,22H2,1H3,(H2,21,29)(H,23,31)(H,24,30)(H,25,32)(H,33,34). The number of carboxylic acids is 1. The second kappa shape index (κ2) is 13.1. The van der Waals surface area contributed by atoms with Gasteiger partial charge in [0.25, 0.3) is 0 Å². The Bertz CT molecular complexity index is 891. The van der Waals surface area contributed by atoms with Crippen LogP contribution in [-0.4, -0.2) is 86.9 Å². The van der Waals surface area contributed by atoms with E-state index >= 15 is 0 Å². The highest BCUT2D eigenvalue weighted by Gasteiger charge is 2.31. The normalized spacial score (nSPS) is 15.2. The van der Waals surface area contributed by atoms with Crippen molar-refractivity contribution in [1.29, 1.82) is 0 Å². The van der Waals surface area contributed by atoms with E-state index in [4.69, 9.17) is 11.5 Å². The van der Waals surface area contributed by atoms with E-state index in [-0.39, 0.29) is 12.2 Å². The summed E-state index contributed by atoms with van der Waals surface area (Å²) in [6.07, 6.45) is -2.13. The van der Waals surface area contributed by atoms with Crippen molar-refractivity contribution in [3.05, 3.63) is 29.8 Å². The zero-order valence-corrected chi connectivity index (χ0v) is 18.3. The molecule has 1 aromatic carbocycles. The number of phenolic OH excluding ortho intramolecular Hbond substituents is 1. The summed E-state index contributed by atoms with van der Waals surface area (Å²) in [6.45, 7) is 0.330. The van der Waals surface area contributed by atoms with E-state index in [1.165, 1.54) is 31.2 Å². The van der Waals surface area contributed by atoms with Gasteiger partial charge in [-0.15, -0.1) is 0 Å². The van der Waals surface area contributed by atoms with Crippen molar-refractivity contribution in [2.24, 2.45) is 11.5 Å². The summed E-state index contributed by atoms with van der Waals surface area (Å²) in [5, 5.41) is 44.0. The number of rotatable bonds is 13. The summed E-state index contributed by atoms with van der Waals surface area (Å²) in [7, 11) is 0. The molecule has 1 aromatic rings. The number of primary amides is 1. The number of carboxylic acid groups (broad SMARTS) is 1. The molecule has 0 heterocycles. The highest BCUT2D eigenvalue weighted by Crippen LogP contribution is 2.11. The molecule has 188 valence electrons. The monoisotopic (exact) mass is 483 g/mol. The largest absolute Gasteiger partial charge is 0.508 e. The summed E-state index contributed by atoms with van der Waals surface area (Å²) in [6, 6.07) is -0.503. The lowest BCUT2D eigenvalue weighted by Crippen LogP contribution is -2.59. The molecule has 0 aliphatic carbocycles. The third-order valence-electron chi connectivity index (χ3n) is 4.67. The Labute approximate surface area is 194 Å². The summed E-state index contributed by atoms with van der Waals surface area (Å²) in [5.41, 5.74) is 11.1. The Hall–Kier alpha value is -3.75. The SMILES string of the molecule is CC(O)C(N)C(=O)NC(CO)C(=O)NC(CC(N)=O)C(=O)NC(Cc1ccc(O)cc1)C(=O)O. The molecule has 0 aliphatic heterocycles. The molecule has 14 nitrogen and oxygen atoms in total. The van der Waals surface area contributed by atoms with E-state index in [0.29, 0.717) is 5.56 Å². The van der Waals surface area contributed by atoms with Crippen molar-refractivity contribution in [2.45, 2.75) is 50.0 Å². The van der Waals surface area contributed by atoms with Crippen LogP contribution < -0.4 is 27.4 Å². The van der Waals surface area contributed by atoms with E-state index in [0.717, 1.165) is 0 Å². The number of hydrogen-bond acceptors (Lipinski definition) is 9. The number of carbonyl (C=O) groups is 5. The van der Waals surface area contributed by atoms with Crippen molar-refractivity contribution in [3.63, 3.8) is 0 Å². The lowest BCUT2D eigenvalue weighted by molar-refractivity contribution is -0.142. The zero-order valence-electron chi connectivity index (χ0n) is 18.3. The molecule has 4 amide bonds. The number of aliphatic hydroxyl groups excluding tert-OH is 2. The molecule has 5 atom stereocenters. The van der Waals surface area contributed by atoms with Crippen LogP contribution in [0.15, 0.2) is 24.3 Å². The van der Waals surface area contributed by atoms with Gasteiger partial charge in [0.05, 0.1) is 19.1 Å². The molecule has 0 aliphatic rings. The highest BCUT2D eigenvalue weighted by molar-refractivity contribution is 5.96. The minimum absolute atomic E-state index is 0.0381. The molecule has 34 heavy (non-hydrogen) atoms. The summed E-state index contributed by atoms with van der Waals surface area (Å²) >= 11 is 0. The van der Waals surface area contributed by atoms with Crippen molar-refractivity contribution in [3.8, 4) is 5.75 Å². The predicted octanol–water partition coefficient (Wildman–Crippen LogP) is -3.95. The van der Waals surface area contributed by atoms with Gasteiger partial charge >= 0.3 is 5.97 Å². The average molecular weight is 483 g/mol. The number of nitrogens with one attached hydrogen (secondary N) is 3. The number of aliphatic hydroxyl groups is 2. The molecule has 0 saturated heterocycles. The number of amides is 4. The van der Waals surface area contributed by atoms with Crippen molar-refractivity contribution >= 4 is 29.6 Å². The van der Waals surface area contributed by atoms with E-state index in [1.54, 1.807) is 0 Å². The van der Waals surface area contributed by atoms with Crippen molar-refractivity contribution in [1.82, 2.24) is 16.0 Å². The molecule has 5 unspecified atom stereocenters. The van der Waals surface area contributed by atoms with Gasteiger partial charge in [0.1, 0.15) is 29.9 Å². The minimum atomic E-state index is -1.62. The lowest BCUT2D eigenvalue weighted by atomic mass is 10.0. The number of nitrogens with two attached hydrogens (primary N) is 2. The Balaban J connectivity index is 2.94. The van der Waals surface area contributed by atoms with Gasteiger partial charge in [-0.05, 0) is 24.6 Å². The van der Waals surface area contributed by atoms with Gasteiger partial charge in [0.15, 0.2) is 0 Å². The average Bonchev–Trinajstić information content (AvgIpc) is 2.76. The Morgan fingerprint density at radius 1 is 0.912 bits per heavy atom. The van der Waals surface area contributed by atoms with E-state index in [2.05, 4.69) is 16.0 Å². The first-order valence-electron chi connectivity index (χ1n) is 10.1. The van der Waals surface area contributed by atoms with Crippen LogP contribution in [0, 0.1) is 0 Å². The molecule has 0 bridgehead atoms. The van der Waals surface area contributed by atoms with Gasteiger partial charge in [-0.1, -0.05) is 12.1 Å². The maximum atomic E-state index is 12.7. The second-order valence-electron chi connectivity index (χ2n) is 7.51. The van der Waals surface area contributed by atoms with Gasteiger partial charge in [-0.3, -0.25) is 19.2 Å². The smallest absolute Gasteiger partial charge is 0.326 e. The molecule has 0 fully saturated rings. The topological polar surface area (TPSA) is 254 Å². The number of carbonyl (C=O) groups excluding carboxylic acids is 4.